The number of nitrogens with zero attached hydrogens (tertiary/aromatic N) is 3. The van der Waals surface area contributed by atoms with E-state index in [1.165, 1.54) is 41.8 Å². The van der Waals surface area contributed by atoms with Gasteiger partial charge in [-0.2, -0.15) is 0 Å². The summed E-state index contributed by atoms with van der Waals surface area (Å²) in [5, 5.41) is 0. The highest BCUT2D eigenvalue weighted by Crippen LogP contribution is 2.38. The Morgan fingerprint density at radius 3 is 1.76 bits per heavy atom. The van der Waals surface area contributed by atoms with Gasteiger partial charge in [0, 0.05) is 25.7 Å². The second-order valence-corrected chi connectivity index (χ2v) is 10.6. The van der Waals surface area contributed by atoms with Crippen LogP contribution in [0.25, 0.3) is 0 Å². The van der Waals surface area contributed by atoms with Crippen LogP contribution in [0.5, 0.6) is 0 Å². The first kappa shape index (κ1) is 25.7. The number of unbranched alkanes of at least 4 members (excludes halogenated alkanes) is 2. The molecule has 1 fully saturated rings. The number of halogens is 2. The molecule has 37 heavy (non-hydrogen) atoms. The van der Waals surface area contributed by atoms with Gasteiger partial charge in [-0.1, -0.05) is 36.4 Å². The van der Waals surface area contributed by atoms with Crippen molar-refractivity contribution < 1.29 is 8.78 Å². The molecule has 3 nitrogen and oxygen atoms in total. The zero-order valence-electron chi connectivity index (χ0n) is 21.8. The van der Waals surface area contributed by atoms with Crippen molar-refractivity contribution in [2.45, 2.75) is 57.4 Å². The predicted molar refractivity (Wildman–Crippen MR) is 149 cm³/mol. The Morgan fingerprint density at radius 1 is 0.622 bits per heavy atom. The number of piperidine rings is 1. The largest absolute Gasteiger partial charge is 0.352 e. The number of likely N-dealkylation sites (tertiary alicyclic amines) is 1. The molecule has 5 rings (SSSR count). The maximum Gasteiger partial charge on any atom is 0.123 e. The van der Waals surface area contributed by atoms with Crippen LogP contribution in [-0.4, -0.2) is 43.8 Å². The molecule has 0 spiro atoms. The summed E-state index contributed by atoms with van der Waals surface area (Å²) in [6.07, 6.45) is 9.06. The van der Waals surface area contributed by atoms with Crippen LogP contribution in [0.3, 0.4) is 0 Å². The van der Waals surface area contributed by atoms with E-state index in [1.807, 2.05) is 24.3 Å². The molecule has 0 unspecified atom stereocenters. The van der Waals surface area contributed by atoms with Gasteiger partial charge in [-0.15, -0.1) is 0 Å². The van der Waals surface area contributed by atoms with Gasteiger partial charge in [-0.3, -0.25) is 0 Å². The molecule has 196 valence electrons. The van der Waals surface area contributed by atoms with Gasteiger partial charge >= 0.3 is 0 Å². The summed E-state index contributed by atoms with van der Waals surface area (Å²) in [5.41, 5.74) is 5.20. The summed E-state index contributed by atoms with van der Waals surface area (Å²) in [6, 6.07) is 23.3. The van der Waals surface area contributed by atoms with Gasteiger partial charge in [0.05, 0.1) is 18.0 Å². The number of para-hydroxylation sites is 2. The highest BCUT2D eigenvalue weighted by atomic mass is 19.1. The molecule has 2 aliphatic rings. The van der Waals surface area contributed by atoms with Gasteiger partial charge in [-0.25, -0.2) is 8.78 Å². The zero-order valence-corrected chi connectivity index (χ0v) is 21.8. The number of fused-ring (bicyclic) bond motifs is 1. The first-order valence-corrected chi connectivity index (χ1v) is 14.0. The van der Waals surface area contributed by atoms with Crippen LogP contribution in [0.1, 0.15) is 49.7 Å². The third kappa shape index (κ3) is 6.89. The smallest absolute Gasteiger partial charge is 0.123 e. The fourth-order valence-electron chi connectivity index (χ4n) is 5.87. The Hall–Kier alpha value is -2.92. The highest BCUT2D eigenvalue weighted by molar-refractivity contribution is 5.76. The lowest BCUT2D eigenvalue weighted by Crippen LogP contribution is -2.46. The van der Waals surface area contributed by atoms with Crippen LogP contribution in [0.15, 0.2) is 72.8 Å². The number of rotatable bonds is 11. The van der Waals surface area contributed by atoms with Crippen LogP contribution in [0.4, 0.5) is 20.2 Å². The van der Waals surface area contributed by atoms with Crippen molar-refractivity contribution in [2.24, 2.45) is 0 Å². The molecule has 3 aromatic rings. The zero-order chi connectivity index (χ0) is 25.5. The standard InChI is InChI=1S/C32H39F2N3/c33-28-15-11-26(12-16-28)7-3-5-21-35-23-19-30(20-24-35)37-25-36(31-9-1-2-10-32(31)37)22-6-4-8-27-13-17-29(34)18-14-27/h1-2,9-18,30H,3-8,19-25H2. The quantitative estimate of drug-likeness (QED) is 0.259. The van der Waals surface area contributed by atoms with Gasteiger partial charge in [0.2, 0.25) is 0 Å². The molecule has 0 atom stereocenters. The fraction of sp³-hybridized carbons (Fsp3) is 0.438. The molecule has 0 aromatic heterocycles. The first-order chi connectivity index (χ1) is 18.2. The van der Waals surface area contributed by atoms with Crippen molar-refractivity contribution in [2.75, 3.05) is 42.6 Å². The Labute approximate surface area is 220 Å². The van der Waals surface area contributed by atoms with E-state index in [0.717, 1.165) is 65.0 Å². The van der Waals surface area contributed by atoms with Crippen molar-refractivity contribution >= 4 is 11.4 Å². The van der Waals surface area contributed by atoms with Gasteiger partial charge in [0.15, 0.2) is 0 Å². The average molecular weight is 504 g/mol. The third-order valence-corrected chi connectivity index (χ3v) is 8.01. The molecular formula is C32H39F2N3. The minimum absolute atomic E-state index is 0.155. The van der Waals surface area contributed by atoms with E-state index in [2.05, 4.69) is 39.0 Å². The normalized spacial score (nSPS) is 16.4. The molecule has 3 aromatic carbocycles. The van der Waals surface area contributed by atoms with Crippen molar-refractivity contribution in [1.82, 2.24) is 4.90 Å². The van der Waals surface area contributed by atoms with E-state index in [-0.39, 0.29) is 11.6 Å². The molecule has 0 aliphatic carbocycles. The lowest BCUT2D eigenvalue weighted by Gasteiger charge is -2.38. The van der Waals surface area contributed by atoms with E-state index in [0.29, 0.717) is 6.04 Å². The topological polar surface area (TPSA) is 9.72 Å². The summed E-state index contributed by atoms with van der Waals surface area (Å²) in [7, 11) is 0. The molecule has 5 heteroatoms. The van der Waals surface area contributed by atoms with E-state index < -0.39 is 0 Å². The minimum Gasteiger partial charge on any atom is -0.352 e. The summed E-state index contributed by atoms with van der Waals surface area (Å²) in [5.74, 6) is -0.317. The predicted octanol–water partition coefficient (Wildman–Crippen LogP) is 7.06. The molecule has 1 saturated heterocycles. The van der Waals surface area contributed by atoms with Crippen LogP contribution >= 0.6 is 0 Å². The molecule has 2 heterocycles. The average Bonchev–Trinajstić information content (AvgIpc) is 3.30. The van der Waals surface area contributed by atoms with Gasteiger partial charge in [-0.05, 0) is 105 Å². The summed E-state index contributed by atoms with van der Waals surface area (Å²) in [6.45, 7) is 5.53. The van der Waals surface area contributed by atoms with Crippen LogP contribution in [0, 0.1) is 11.6 Å². The third-order valence-electron chi connectivity index (χ3n) is 8.01. The lowest BCUT2D eigenvalue weighted by molar-refractivity contribution is 0.206. The lowest BCUT2D eigenvalue weighted by atomic mass is 10.0. The summed E-state index contributed by atoms with van der Waals surface area (Å²) in [4.78, 5) is 7.80. The maximum atomic E-state index is 13.1. The first-order valence-electron chi connectivity index (χ1n) is 14.0. The maximum absolute atomic E-state index is 13.1. The SMILES string of the molecule is Fc1ccc(CCCCN2CCC(N3CN(CCCCc4ccc(F)cc4)c4ccccc43)CC2)cc1. The second-order valence-electron chi connectivity index (χ2n) is 10.6. The number of anilines is 2. The van der Waals surface area contributed by atoms with Crippen molar-refractivity contribution in [3.05, 3.63) is 95.6 Å². The van der Waals surface area contributed by atoms with Crippen LogP contribution in [-0.2, 0) is 12.8 Å². The Morgan fingerprint density at radius 2 is 1.16 bits per heavy atom. The van der Waals surface area contributed by atoms with Gasteiger partial charge < -0.3 is 14.7 Å². The number of benzene rings is 3. The molecule has 0 radical (unpaired) electrons. The second kappa shape index (κ2) is 12.6. The minimum atomic E-state index is -0.162. The summed E-state index contributed by atoms with van der Waals surface area (Å²) < 4.78 is 26.2. The van der Waals surface area contributed by atoms with Crippen LogP contribution in [0.2, 0.25) is 0 Å². The Bertz CT molecular complexity index is 1110. The highest BCUT2D eigenvalue weighted by Gasteiger charge is 2.32. The summed E-state index contributed by atoms with van der Waals surface area (Å²) >= 11 is 0. The molecule has 0 N–H and O–H groups in total. The molecule has 2 aliphatic heterocycles. The number of hydrogen-bond acceptors (Lipinski definition) is 3. The Kier molecular flexibility index (Phi) is 8.72. The van der Waals surface area contributed by atoms with E-state index in [1.54, 1.807) is 24.3 Å². The fourth-order valence-corrected chi connectivity index (χ4v) is 5.87. The molecule has 0 saturated carbocycles. The number of aryl methyl sites for hydroxylation is 2. The van der Waals surface area contributed by atoms with Gasteiger partial charge in [0.1, 0.15) is 11.6 Å². The van der Waals surface area contributed by atoms with E-state index in [4.69, 9.17) is 0 Å². The molecule has 0 amide bonds. The van der Waals surface area contributed by atoms with Crippen LogP contribution < -0.4 is 9.80 Å². The molecule has 0 bridgehead atoms. The van der Waals surface area contributed by atoms with E-state index in [9.17, 15) is 8.78 Å². The molecular weight excluding hydrogens is 464 g/mol. The van der Waals surface area contributed by atoms with Crippen molar-refractivity contribution in [1.29, 1.82) is 0 Å². The number of hydrogen-bond donors (Lipinski definition) is 0. The van der Waals surface area contributed by atoms with Crippen molar-refractivity contribution in [3.8, 4) is 0 Å². The Balaban J connectivity index is 1.05. The van der Waals surface area contributed by atoms with Gasteiger partial charge in [0.25, 0.3) is 0 Å². The van der Waals surface area contributed by atoms with Crippen molar-refractivity contribution in [3.63, 3.8) is 0 Å². The monoisotopic (exact) mass is 503 g/mol. The van der Waals surface area contributed by atoms with E-state index >= 15 is 0 Å².